The minimum Gasteiger partial charge on any atom is -0.367 e. The lowest BCUT2D eigenvalue weighted by atomic mass is 10.1. The normalized spacial score (nSPS) is 14.1. The average molecular weight is 468 g/mol. The number of carbonyl (C=O) groups excluding carboxylic acids is 1. The second-order valence-corrected chi connectivity index (χ2v) is 8.69. The van der Waals surface area contributed by atoms with Crippen molar-refractivity contribution >= 4 is 17.3 Å². The van der Waals surface area contributed by atoms with Crippen molar-refractivity contribution < 1.29 is 4.79 Å². The van der Waals surface area contributed by atoms with Gasteiger partial charge in [0.25, 0.3) is 5.91 Å². The van der Waals surface area contributed by atoms with Crippen LogP contribution >= 0.6 is 0 Å². The van der Waals surface area contributed by atoms with Gasteiger partial charge in [0.1, 0.15) is 0 Å². The number of amides is 1. The van der Waals surface area contributed by atoms with E-state index < -0.39 is 0 Å². The van der Waals surface area contributed by atoms with Crippen LogP contribution in [0.5, 0.6) is 0 Å². The predicted molar refractivity (Wildman–Crippen MR) is 137 cm³/mol. The molecule has 0 unspecified atom stereocenters. The Labute approximate surface area is 205 Å². The Hall–Kier alpha value is -4.04. The summed E-state index contributed by atoms with van der Waals surface area (Å²) in [5, 5.41) is 11.2. The number of anilines is 2. The van der Waals surface area contributed by atoms with Crippen molar-refractivity contribution in [2.24, 2.45) is 0 Å². The first-order valence-corrected chi connectivity index (χ1v) is 12.0. The molecule has 4 aromatic rings. The molecule has 0 saturated carbocycles. The zero-order valence-electron chi connectivity index (χ0n) is 19.6. The van der Waals surface area contributed by atoms with Gasteiger partial charge in [-0.15, -0.1) is 5.10 Å². The van der Waals surface area contributed by atoms with Crippen LogP contribution in [0.1, 0.15) is 21.6 Å². The van der Waals surface area contributed by atoms with Gasteiger partial charge in [0.15, 0.2) is 5.69 Å². The van der Waals surface area contributed by atoms with Gasteiger partial charge in [0, 0.05) is 45.1 Å². The second kappa shape index (κ2) is 10.9. The second-order valence-electron chi connectivity index (χ2n) is 8.69. The number of nitrogens with zero attached hydrogens (tertiary/aromatic N) is 6. The molecule has 1 N–H and O–H groups in total. The summed E-state index contributed by atoms with van der Waals surface area (Å²) in [4.78, 5) is 21.8. The molecule has 178 valence electrons. The molecule has 35 heavy (non-hydrogen) atoms. The minimum absolute atomic E-state index is 0.257. The zero-order chi connectivity index (χ0) is 23.9. The Bertz CT molecular complexity index is 1230. The average Bonchev–Trinajstić information content (AvgIpc) is 3.38. The van der Waals surface area contributed by atoms with Gasteiger partial charge in [0.05, 0.1) is 24.1 Å². The van der Waals surface area contributed by atoms with Crippen molar-refractivity contribution in [3.05, 3.63) is 102 Å². The first-order chi connectivity index (χ1) is 17.2. The Kier molecular flexibility index (Phi) is 7.10. The fraction of sp³-hybridized carbons (Fsp3) is 0.259. The molecule has 1 amide bonds. The van der Waals surface area contributed by atoms with E-state index >= 15 is 0 Å². The molecule has 3 heterocycles. The Morgan fingerprint density at radius 3 is 2.40 bits per heavy atom. The molecular weight excluding hydrogens is 438 g/mol. The molecule has 0 radical (unpaired) electrons. The summed E-state index contributed by atoms with van der Waals surface area (Å²) >= 11 is 0. The number of para-hydroxylation sites is 2. The van der Waals surface area contributed by atoms with E-state index in [4.69, 9.17) is 0 Å². The number of hydrogen-bond acceptors (Lipinski definition) is 6. The largest absolute Gasteiger partial charge is 0.367 e. The van der Waals surface area contributed by atoms with E-state index in [1.165, 1.54) is 5.56 Å². The van der Waals surface area contributed by atoms with Crippen LogP contribution in [0.15, 0.2) is 85.3 Å². The van der Waals surface area contributed by atoms with Crippen molar-refractivity contribution in [2.45, 2.75) is 13.0 Å². The molecule has 0 bridgehead atoms. The summed E-state index contributed by atoms with van der Waals surface area (Å²) in [7, 11) is 0. The number of aromatic nitrogens is 4. The van der Waals surface area contributed by atoms with E-state index in [0.717, 1.165) is 56.1 Å². The SMILES string of the molecule is O=C(Nc1ccccc1N1CCN(CCc2ccncc2)CC1)c1cn(Cc2ccccc2)nn1. The predicted octanol–water partition coefficient (Wildman–Crippen LogP) is 3.34. The summed E-state index contributed by atoms with van der Waals surface area (Å²) in [6.07, 6.45) is 6.41. The smallest absolute Gasteiger partial charge is 0.277 e. The maximum absolute atomic E-state index is 12.9. The molecule has 1 fully saturated rings. The summed E-state index contributed by atoms with van der Waals surface area (Å²) < 4.78 is 1.68. The number of piperazine rings is 1. The van der Waals surface area contributed by atoms with Crippen LogP contribution in [0, 0.1) is 0 Å². The van der Waals surface area contributed by atoms with Crippen LogP contribution in [-0.4, -0.2) is 63.5 Å². The zero-order valence-corrected chi connectivity index (χ0v) is 19.6. The summed E-state index contributed by atoms with van der Waals surface area (Å²) in [6, 6.07) is 22.1. The summed E-state index contributed by atoms with van der Waals surface area (Å²) in [6.45, 7) is 5.41. The van der Waals surface area contributed by atoms with Crippen LogP contribution in [0.4, 0.5) is 11.4 Å². The highest BCUT2D eigenvalue weighted by Gasteiger charge is 2.20. The fourth-order valence-corrected chi connectivity index (χ4v) is 4.34. The quantitative estimate of drug-likeness (QED) is 0.428. The van der Waals surface area contributed by atoms with Gasteiger partial charge in [-0.2, -0.15) is 0 Å². The Morgan fingerprint density at radius 2 is 1.60 bits per heavy atom. The van der Waals surface area contributed by atoms with E-state index in [9.17, 15) is 4.79 Å². The summed E-state index contributed by atoms with van der Waals surface area (Å²) in [5.74, 6) is -0.257. The molecule has 2 aromatic heterocycles. The number of carbonyl (C=O) groups is 1. The van der Waals surface area contributed by atoms with Crippen molar-refractivity contribution in [3.63, 3.8) is 0 Å². The lowest BCUT2D eigenvalue weighted by Crippen LogP contribution is -2.47. The van der Waals surface area contributed by atoms with Gasteiger partial charge in [-0.3, -0.25) is 14.7 Å². The van der Waals surface area contributed by atoms with E-state index in [1.807, 2.05) is 60.9 Å². The minimum atomic E-state index is -0.257. The third-order valence-electron chi connectivity index (χ3n) is 6.29. The van der Waals surface area contributed by atoms with Crippen LogP contribution in [0.25, 0.3) is 0 Å². The molecular formula is C27H29N7O. The van der Waals surface area contributed by atoms with Gasteiger partial charge in [-0.1, -0.05) is 47.7 Å². The van der Waals surface area contributed by atoms with Crippen LogP contribution in [0.2, 0.25) is 0 Å². The number of rotatable bonds is 8. The molecule has 0 aliphatic carbocycles. The van der Waals surface area contributed by atoms with E-state index in [1.54, 1.807) is 10.9 Å². The number of hydrogen-bond donors (Lipinski definition) is 1. The van der Waals surface area contributed by atoms with Crippen molar-refractivity contribution in [1.82, 2.24) is 24.9 Å². The lowest BCUT2D eigenvalue weighted by Gasteiger charge is -2.37. The molecule has 1 saturated heterocycles. The van der Waals surface area contributed by atoms with Gasteiger partial charge in [-0.05, 0) is 41.8 Å². The molecule has 5 rings (SSSR count). The molecule has 0 atom stereocenters. The first kappa shape index (κ1) is 22.7. The fourth-order valence-electron chi connectivity index (χ4n) is 4.34. The number of benzene rings is 2. The standard InChI is InChI=1S/C27H29N7O/c35-27(25-21-34(31-30-25)20-23-6-2-1-3-7-23)29-24-8-4-5-9-26(24)33-18-16-32(17-19-33)15-12-22-10-13-28-14-11-22/h1-11,13-14,21H,12,15-20H2,(H,29,35). The van der Waals surface area contributed by atoms with Crippen molar-refractivity contribution in [2.75, 3.05) is 42.9 Å². The Balaban J connectivity index is 1.18. The highest BCUT2D eigenvalue weighted by atomic mass is 16.2. The van der Waals surface area contributed by atoms with Gasteiger partial charge in [0.2, 0.25) is 0 Å². The van der Waals surface area contributed by atoms with E-state index in [0.29, 0.717) is 12.2 Å². The van der Waals surface area contributed by atoms with Crippen LogP contribution < -0.4 is 10.2 Å². The summed E-state index contributed by atoms with van der Waals surface area (Å²) in [5.41, 5.74) is 4.55. The first-order valence-electron chi connectivity index (χ1n) is 12.0. The third kappa shape index (κ3) is 5.91. The number of pyridine rings is 1. The van der Waals surface area contributed by atoms with Crippen molar-refractivity contribution in [3.8, 4) is 0 Å². The van der Waals surface area contributed by atoms with Crippen molar-refractivity contribution in [1.29, 1.82) is 0 Å². The van der Waals surface area contributed by atoms with Crippen LogP contribution in [0.3, 0.4) is 0 Å². The molecule has 1 aliphatic rings. The molecule has 0 spiro atoms. The number of nitrogens with one attached hydrogen (secondary N) is 1. The molecule has 8 nitrogen and oxygen atoms in total. The van der Waals surface area contributed by atoms with Crippen LogP contribution in [-0.2, 0) is 13.0 Å². The molecule has 1 aliphatic heterocycles. The van der Waals surface area contributed by atoms with Gasteiger partial charge < -0.3 is 10.2 Å². The highest BCUT2D eigenvalue weighted by Crippen LogP contribution is 2.27. The Morgan fingerprint density at radius 1 is 0.857 bits per heavy atom. The molecule has 8 heteroatoms. The van der Waals surface area contributed by atoms with Gasteiger partial charge >= 0.3 is 0 Å². The third-order valence-corrected chi connectivity index (χ3v) is 6.29. The maximum atomic E-state index is 12.9. The lowest BCUT2D eigenvalue weighted by molar-refractivity contribution is 0.102. The molecule has 2 aromatic carbocycles. The van der Waals surface area contributed by atoms with E-state index in [-0.39, 0.29) is 5.91 Å². The highest BCUT2D eigenvalue weighted by molar-refractivity contribution is 6.04. The monoisotopic (exact) mass is 467 g/mol. The van der Waals surface area contributed by atoms with E-state index in [2.05, 4.69) is 48.6 Å². The van der Waals surface area contributed by atoms with Gasteiger partial charge in [-0.25, -0.2) is 4.68 Å². The topological polar surface area (TPSA) is 79.2 Å². The maximum Gasteiger partial charge on any atom is 0.277 e.